The number of carbonyl (C=O) groups is 7. The fraction of sp³-hybridized carbons (Fsp3) is 0.650. The summed E-state index contributed by atoms with van der Waals surface area (Å²) >= 11 is 0. The Morgan fingerprint density at radius 3 is 0.825 bits per heavy atom. The van der Waals surface area contributed by atoms with Crippen molar-refractivity contribution in [2.75, 3.05) is 27.4 Å². The maximum Gasteiger partial charge on any atom is 0.371 e. The molecule has 0 aromatic rings. The fourth-order valence-electron chi connectivity index (χ4n) is 0.693. The van der Waals surface area contributed by atoms with Gasteiger partial charge in [-0.25, -0.2) is 4.79 Å². The summed E-state index contributed by atoms with van der Waals surface area (Å²) in [5.74, 6) is -6.75. The van der Waals surface area contributed by atoms with E-state index in [1.165, 1.54) is 13.8 Å². The number of carbonyl (C=O) groups excluding carboxylic acids is 1. The third-order valence-corrected chi connectivity index (χ3v) is 1.97. The van der Waals surface area contributed by atoms with Gasteiger partial charge in [-0.3, -0.25) is 28.8 Å². The molecule has 0 amide bonds. The molecule has 20 nitrogen and oxygen atoms in total. The Balaban J connectivity index is -0.0000000505. The van der Waals surface area contributed by atoms with Crippen LogP contribution < -0.4 is 0 Å². The lowest BCUT2D eigenvalue weighted by Gasteiger charge is -1.96. The average molecular weight is 603 g/mol. The average Bonchev–Trinajstić information content (AvgIpc) is 2.80. The number of carboxylic acid groups (broad SMARTS) is 6. The first-order valence-electron chi connectivity index (χ1n) is 10.1. The van der Waals surface area contributed by atoms with Crippen LogP contribution in [0.2, 0.25) is 0 Å². The number of aliphatic hydroxyl groups is 7. The van der Waals surface area contributed by atoms with Crippen LogP contribution in [-0.4, -0.2) is 154 Å². The molecule has 0 radical (unpaired) electrons. The minimum atomic E-state index is -1.38. The number of hydrogen-bond donors (Lipinski definition) is 13. The van der Waals surface area contributed by atoms with Crippen molar-refractivity contribution in [1.29, 1.82) is 0 Å². The van der Waals surface area contributed by atoms with Gasteiger partial charge < -0.3 is 66.4 Å². The summed E-state index contributed by atoms with van der Waals surface area (Å²) in [6, 6.07) is 0. The fourth-order valence-corrected chi connectivity index (χ4v) is 0.693. The zero-order valence-electron chi connectivity index (χ0n) is 22.5. The van der Waals surface area contributed by atoms with Crippen LogP contribution in [0.5, 0.6) is 0 Å². The van der Waals surface area contributed by atoms with Crippen LogP contribution >= 0.6 is 0 Å². The van der Waals surface area contributed by atoms with Gasteiger partial charge in [0.15, 0.2) is 0 Å². The number of ketones is 1. The van der Waals surface area contributed by atoms with E-state index in [2.05, 4.69) is 0 Å². The molecule has 0 aliphatic rings. The van der Waals surface area contributed by atoms with Crippen molar-refractivity contribution in [2.45, 2.75) is 58.3 Å². The molecule has 40 heavy (non-hydrogen) atoms. The van der Waals surface area contributed by atoms with E-state index in [9.17, 15) is 28.8 Å². The van der Waals surface area contributed by atoms with Gasteiger partial charge >= 0.3 is 29.8 Å². The van der Waals surface area contributed by atoms with E-state index >= 15 is 0 Å². The molecule has 0 aromatic heterocycles. The van der Waals surface area contributed by atoms with Crippen LogP contribution in [0.1, 0.15) is 40.0 Å². The monoisotopic (exact) mass is 602 g/mol. The molecule has 0 rings (SSSR count). The number of rotatable bonds is 9. The summed E-state index contributed by atoms with van der Waals surface area (Å²) in [7, 11) is 2.00. The lowest BCUT2D eigenvalue weighted by Crippen LogP contribution is -2.15. The molecule has 0 heterocycles. The predicted octanol–water partition coefficient (Wildman–Crippen LogP) is -3.86. The zero-order valence-corrected chi connectivity index (χ0v) is 22.5. The Hall–Kier alpha value is -3.79. The lowest BCUT2D eigenvalue weighted by atomic mass is 10.3. The Morgan fingerprint density at radius 1 is 0.625 bits per heavy atom. The topological polar surface area (TPSA) is 382 Å². The number of carboxylic acids is 5. The first-order chi connectivity index (χ1) is 18.2. The maximum atomic E-state index is 9.65. The SMILES string of the molecule is CC(=O)C(=O)O.CC(O)CC(=O)O.CC(O)CC(=O)O.CO.CO.O=C(O)CC(=O)O.O=CO.OCC(O)CO. The van der Waals surface area contributed by atoms with Crippen molar-refractivity contribution in [3.63, 3.8) is 0 Å². The summed E-state index contributed by atoms with van der Waals surface area (Å²) in [5, 5.41) is 100. The van der Waals surface area contributed by atoms with Gasteiger partial charge in [0.25, 0.3) is 6.47 Å². The summed E-state index contributed by atoms with van der Waals surface area (Å²) < 4.78 is 0. The molecule has 0 saturated heterocycles. The van der Waals surface area contributed by atoms with Crippen molar-refractivity contribution in [3.05, 3.63) is 0 Å². The highest BCUT2D eigenvalue weighted by atomic mass is 16.4. The van der Waals surface area contributed by atoms with Crippen LogP contribution in [0.4, 0.5) is 0 Å². The Kier molecular flexibility index (Phi) is 68.1. The van der Waals surface area contributed by atoms with E-state index in [0.717, 1.165) is 21.1 Å². The molecule has 0 fully saturated rings. The molecule has 0 aliphatic heterocycles. The molecule has 0 bridgehead atoms. The van der Waals surface area contributed by atoms with E-state index in [4.69, 9.17) is 71.2 Å². The minimum absolute atomic E-state index is 0.167. The predicted molar refractivity (Wildman–Crippen MR) is 131 cm³/mol. The molecular formula is C20H42O20. The first-order valence-corrected chi connectivity index (χ1v) is 10.1. The third-order valence-electron chi connectivity index (χ3n) is 1.97. The van der Waals surface area contributed by atoms with Crippen LogP contribution in [-0.2, 0) is 33.6 Å². The smallest absolute Gasteiger partial charge is 0.371 e. The van der Waals surface area contributed by atoms with Crippen LogP contribution in [0.15, 0.2) is 0 Å². The van der Waals surface area contributed by atoms with Crippen molar-refractivity contribution < 1.29 is 99.9 Å². The van der Waals surface area contributed by atoms with Gasteiger partial charge in [0.2, 0.25) is 5.78 Å². The van der Waals surface area contributed by atoms with Gasteiger partial charge in [0, 0.05) is 21.1 Å². The van der Waals surface area contributed by atoms with Crippen LogP contribution in [0.3, 0.4) is 0 Å². The largest absolute Gasteiger partial charge is 0.483 e. The molecule has 2 atom stereocenters. The Bertz CT molecular complexity index is 569. The quantitative estimate of drug-likeness (QED) is 0.0681. The van der Waals surface area contributed by atoms with E-state index in [-0.39, 0.29) is 32.5 Å². The lowest BCUT2D eigenvalue weighted by molar-refractivity contribution is -0.148. The number of hydrogen-bond acceptors (Lipinski definition) is 14. The molecule has 13 N–H and O–H groups in total. The second-order valence-corrected chi connectivity index (χ2v) is 5.84. The second-order valence-electron chi connectivity index (χ2n) is 5.84. The van der Waals surface area contributed by atoms with Gasteiger partial charge in [0.1, 0.15) is 12.5 Å². The Morgan fingerprint density at radius 2 is 0.825 bits per heavy atom. The van der Waals surface area contributed by atoms with E-state index in [0.29, 0.717) is 0 Å². The van der Waals surface area contributed by atoms with Crippen molar-refractivity contribution >= 4 is 42.1 Å². The van der Waals surface area contributed by atoms with Gasteiger partial charge in [-0.05, 0) is 13.8 Å². The minimum Gasteiger partial charge on any atom is -0.483 e. The second kappa shape index (κ2) is 48.3. The summed E-state index contributed by atoms with van der Waals surface area (Å²) in [5.41, 5.74) is 0. The highest BCUT2D eigenvalue weighted by Gasteiger charge is 2.02. The zero-order chi connectivity index (χ0) is 34.4. The first kappa shape index (κ1) is 56.4. The van der Waals surface area contributed by atoms with E-state index < -0.39 is 60.4 Å². The molecule has 0 saturated carbocycles. The van der Waals surface area contributed by atoms with Crippen molar-refractivity contribution in [2.24, 2.45) is 0 Å². The molecular weight excluding hydrogens is 560 g/mol. The van der Waals surface area contributed by atoms with Crippen LogP contribution in [0.25, 0.3) is 0 Å². The summed E-state index contributed by atoms with van der Waals surface area (Å²) in [4.78, 5) is 65.4. The molecule has 0 spiro atoms. The number of Topliss-reactive ketones (excluding diaryl/α,β-unsaturated/α-hetero) is 1. The highest BCUT2D eigenvalue weighted by molar-refractivity contribution is 6.31. The van der Waals surface area contributed by atoms with Crippen molar-refractivity contribution in [1.82, 2.24) is 0 Å². The molecule has 20 heteroatoms. The molecule has 0 aromatic carbocycles. The summed E-state index contributed by atoms with van der Waals surface area (Å²) in [6.07, 6.45) is -3.54. The molecule has 2 unspecified atom stereocenters. The normalized spacial score (nSPS) is 9.32. The standard InChI is InChI=1S/2C4H8O3.C3H4O4.C3H8O3.C3H4O3.CH2O2.2CH4O/c2*1-3(5)2-4(6)7;4-2(5)1-3(6)7;4-1-3(6)2-5;1-2(4)3(5)6;2-1-3;2*1-2/h2*3,5H,2H2,1H3,(H,6,7);1H2,(H,4,5)(H,6,7);3-6H,1-2H2;1H3,(H,5,6);1H,(H,2,3);2*2H,1H3. The Labute approximate surface area is 228 Å². The van der Waals surface area contributed by atoms with Crippen molar-refractivity contribution in [3.8, 4) is 0 Å². The van der Waals surface area contributed by atoms with Gasteiger partial charge in [0.05, 0.1) is 38.3 Å². The van der Waals surface area contributed by atoms with E-state index in [1.54, 1.807) is 0 Å². The van der Waals surface area contributed by atoms with Gasteiger partial charge in [-0.1, -0.05) is 0 Å². The molecule has 242 valence electrons. The third kappa shape index (κ3) is 144. The summed E-state index contributed by atoms with van der Waals surface area (Å²) in [6.45, 7) is 2.90. The van der Waals surface area contributed by atoms with E-state index in [1.807, 2.05) is 0 Å². The molecule has 0 aliphatic carbocycles. The van der Waals surface area contributed by atoms with Gasteiger partial charge in [-0.15, -0.1) is 0 Å². The number of aliphatic carboxylic acids is 5. The maximum absolute atomic E-state index is 9.65. The van der Waals surface area contributed by atoms with Gasteiger partial charge in [-0.2, -0.15) is 0 Å². The highest BCUT2D eigenvalue weighted by Crippen LogP contribution is 1.86. The number of aliphatic hydroxyl groups excluding tert-OH is 7. The van der Waals surface area contributed by atoms with Crippen LogP contribution in [0, 0.1) is 0 Å².